The number of anilines is 1. The van der Waals surface area contributed by atoms with Gasteiger partial charge in [-0.05, 0) is 35.4 Å². The van der Waals surface area contributed by atoms with Crippen LogP contribution in [0.1, 0.15) is 17.0 Å². The van der Waals surface area contributed by atoms with E-state index in [4.69, 9.17) is 9.15 Å². The summed E-state index contributed by atoms with van der Waals surface area (Å²) in [5, 5.41) is 0. The molecule has 1 aliphatic heterocycles. The molecule has 1 aromatic heterocycles. The molecule has 130 valence electrons. The molecule has 0 radical (unpaired) electrons. The Balaban J connectivity index is 1.69. The molecule has 5 nitrogen and oxygen atoms in total. The van der Waals surface area contributed by atoms with Crippen LogP contribution in [0.4, 0.5) is 5.69 Å². The Kier molecular flexibility index (Phi) is 4.27. The van der Waals surface area contributed by atoms with Crippen molar-refractivity contribution in [2.24, 2.45) is 0 Å². The van der Waals surface area contributed by atoms with Crippen LogP contribution >= 0.6 is 0 Å². The van der Waals surface area contributed by atoms with Crippen molar-refractivity contribution in [2.75, 3.05) is 11.5 Å². The highest BCUT2D eigenvalue weighted by Crippen LogP contribution is 2.28. The minimum atomic E-state index is -0.643. The Morgan fingerprint density at radius 3 is 2.27 bits per heavy atom. The number of furan rings is 1. The van der Waals surface area contributed by atoms with E-state index in [1.165, 1.54) is 11.2 Å². The number of amides is 1. The van der Waals surface area contributed by atoms with Gasteiger partial charge in [-0.1, -0.05) is 42.5 Å². The van der Waals surface area contributed by atoms with Crippen LogP contribution < -0.4 is 4.90 Å². The van der Waals surface area contributed by atoms with E-state index in [0.717, 1.165) is 11.1 Å². The van der Waals surface area contributed by atoms with E-state index in [9.17, 15) is 9.59 Å². The van der Waals surface area contributed by atoms with Gasteiger partial charge in [0.15, 0.2) is 5.76 Å². The van der Waals surface area contributed by atoms with Crippen molar-refractivity contribution in [1.29, 1.82) is 0 Å². The number of ether oxygens (including phenoxy) is 1. The molecule has 1 amide bonds. The van der Waals surface area contributed by atoms with Crippen molar-refractivity contribution in [1.82, 2.24) is 0 Å². The zero-order chi connectivity index (χ0) is 17.9. The third-order valence-electron chi connectivity index (χ3n) is 4.42. The summed E-state index contributed by atoms with van der Waals surface area (Å²) < 4.78 is 10.3. The molecule has 26 heavy (non-hydrogen) atoms. The Morgan fingerprint density at radius 1 is 0.923 bits per heavy atom. The van der Waals surface area contributed by atoms with E-state index in [2.05, 4.69) is 0 Å². The van der Waals surface area contributed by atoms with Crippen LogP contribution in [0.25, 0.3) is 11.1 Å². The molecule has 1 saturated heterocycles. The molecule has 2 heterocycles. The van der Waals surface area contributed by atoms with Crippen molar-refractivity contribution in [3.63, 3.8) is 0 Å². The number of hydrogen-bond donors (Lipinski definition) is 0. The molecule has 3 aromatic rings. The van der Waals surface area contributed by atoms with Crippen molar-refractivity contribution < 1.29 is 18.7 Å². The highest BCUT2D eigenvalue weighted by molar-refractivity contribution is 6.08. The Hall–Kier alpha value is -3.34. The van der Waals surface area contributed by atoms with Crippen LogP contribution in [0, 0.1) is 0 Å². The monoisotopic (exact) mass is 347 g/mol. The van der Waals surface area contributed by atoms with Crippen molar-refractivity contribution in [3.05, 3.63) is 78.8 Å². The molecule has 0 bridgehead atoms. The molecule has 1 aliphatic rings. The standard InChI is InChI=1S/C21H17NO4/c23-20(19-7-4-13-25-19)22(18-12-14-26-21(18)24)17-10-8-16(9-11-17)15-5-2-1-3-6-15/h1-11,13,18H,12,14H2. The van der Waals surface area contributed by atoms with Gasteiger partial charge in [-0.15, -0.1) is 0 Å². The summed E-state index contributed by atoms with van der Waals surface area (Å²) in [6.07, 6.45) is 1.91. The van der Waals surface area contributed by atoms with Crippen molar-refractivity contribution in [2.45, 2.75) is 12.5 Å². The number of rotatable bonds is 4. The maximum absolute atomic E-state index is 12.9. The minimum absolute atomic E-state index is 0.192. The van der Waals surface area contributed by atoms with Gasteiger partial charge in [0.05, 0.1) is 12.9 Å². The lowest BCUT2D eigenvalue weighted by molar-refractivity contribution is -0.139. The first kappa shape index (κ1) is 16.1. The summed E-state index contributed by atoms with van der Waals surface area (Å²) in [6.45, 7) is 0.313. The van der Waals surface area contributed by atoms with Crippen LogP contribution in [0.5, 0.6) is 0 Å². The molecule has 0 spiro atoms. The second kappa shape index (κ2) is 6.88. The first-order valence-corrected chi connectivity index (χ1v) is 8.43. The molecule has 0 N–H and O–H groups in total. The Morgan fingerprint density at radius 2 is 1.65 bits per heavy atom. The average Bonchev–Trinajstić information content (AvgIpc) is 3.36. The lowest BCUT2D eigenvalue weighted by atomic mass is 10.0. The third kappa shape index (κ3) is 2.99. The van der Waals surface area contributed by atoms with Gasteiger partial charge < -0.3 is 9.15 Å². The second-order valence-corrected chi connectivity index (χ2v) is 6.04. The molecule has 0 saturated carbocycles. The smallest absolute Gasteiger partial charge is 0.329 e. The SMILES string of the molecule is O=C1OCCC1N(C(=O)c1ccco1)c1ccc(-c2ccccc2)cc1. The number of carbonyl (C=O) groups is 2. The van der Waals surface area contributed by atoms with Gasteiger partial charge in [0.25, 0.3) is 5.91 Å². The molecule has 1 fully saturated rings. The fourth-order valence-electron chi connectivity index (χ4n) is 3.12. The summed E-state index contributed by atoms with van der Waals surface area (Å²) in [6, 6.07) is 20.1. The zero-order valence-electron chi connectivity index (χ0n) is 14.0. The van der Waals surface area contributed by atoms with E-state index >= 15 is 0 Å². The number of benzene rings is 2. The topological polar surface area (TPSA) is 59.8 Å². The number of nitrogens with zero attached hydrogens (tertiary/aromatic N) is 1. The first-order chi connectivity index (χ1) is 12.7. The lowest BCUT2D eigenvalue weighted by Gasteiger charge is -2.25. The summed E-state index contributed by atoms with van der Waals surface area (Å²) in [4.78, 5) is 26.5. The molecule has 1 unspecified atom stereocenters. The summed E-state index contributed by atoms with van der Waals surface area (Å²) in [5.41, 5.74) is 2.76. The summed E-state index contributed by atoms with van der Waals surface area (Å²) in [5.74, 6) is -0.555. The Bertz CT molecular complexity index is 901. The zero-order valence-corrected chi connectivity index (χ0v) is 14.0. The number of carbonyl (C=O) groups excluding carboxylic acids is 2. The largest absolute Gasteiger partial charge is 0.464 e. The van der Waals surface area contributed by atoms with E-state index < -0.39 is 12.0 Å². The number of esters is 1. The van der Waals surface area contributed by atoms with E-state index in [-0.39, 0.29) is 11.7 Å². The average molecular weight is 347 g/mol. The fraction of sp³-hybridized carbons (Fsp3) is 0.143. The van der Waals surface area contributed by atoms with Gasteiger partial charge in [-0.3, -0.25) is 9.69 Å². The predicted octanol–water partition coefficient (Wildman–Crippen LogP) is 3.91. The van der Waals surface area contributed by atoms with Crippen LogP contribution in [0.2, 0.25) is 0 Å². The van der Waals surface area contributed by atoms with E-state index in [1.54, 1.807) is 12.1 Å². The van der Waals surface area contributed by atoms with Crippen LogP contribution in [0.3, 0.4) is 0 Å². The van der Waals surface area contributed by atoms with Crippen LogP contribution in [-0.4, -0.2) is 24.5 Å². The molecule has 2 aromatic carbocycles. The van der Waals surface area contributed by atoms with Crippen molar-refractivity contribution in [3.8, 4) is 11.1 Å². The lowest BCUT2D eigenvalue weighted by Crippen LogP contribution is -2.43. The number of hydrogen-bond acceptors (Lipinski definition) is 4. The maximum atomic E-state index is 12.9. The quantitative estimate of drug-likeness (QED) is 0.672. The summed E-state index contributed by atoms with van der Waals surface area (Å²) in [7, 11) is 0. The van der Waals surface area contributed by atoms with Crippen molar-refractivity contribution >= 4 is 17.6 Å². The molecule has 0 aliphatic carbocycles. The molecule has 5 heteroatoms. The van der Waals surface area contributed by atoms with Gasteiger partial charge in [-0.25, -0.2) is 4.79 Å². The molecular formula is C21H17NO4. The summed E-state index contributed by atoms with van der Waals surface area (Å²) >= 11 is 0. The van der Waals surface area contributed by atoms with Gasteiger partial charge in [0.2, 0.25) is 0 Å². The molecule has 4 rings (SSSR count). The van der Waals surface area contributed by atoms with Gasteiger partial charge >= 0.3 is 5.97 Å². The van der Waals surface area contributed by atoms with E-state index in [0.29, 0.717) is 18.7 Å². The van der Waals surface area contributed by atoms with Gasteiger partial charge in [-0.2, -0.15) is 0 Å². The third-order valence-corrected chi connectivity index (χ3v) is 4.42. The van der Waals surface area contributed by atoms with Crippen LogP contribution in [0.15, 0.2) is 77.4 Å². The fourth-order valence-corrected chi connectivity index (χ4v) is 3.12. The second-order valence-electron chi connectivity index (χ2n) is 6.04. The van der Waals surface area contributed by atoms with Crippen LogP contribution in [-0.2, 0) is 9.53 Å². The predicted molar refractivity (Wildman–Crippen MR) is 96.8 cm³/mol. The highest BCUT2D eigenvalue weighted by atomic mass is 16.5. The maximum Gasteiger partial charge on any atom is 0.329 e. The number of cyclic esters (lactones) is 1. The van der Waals surface area contributed by atoms with Gasteiger partial charge in [0.1, 0.15) is 6.04 Å². The molecular weight excluding hydrogens is 330 g/mol. The molecule has 1 atom stereocenters. The highest BCUT2D eigenvalue weighted by Gasteiger charge is 2.37. The first-order valence-electron chi connectivity index (χ1n) is 8.43. The Labute approximate surface area is 150 Å². The van der Waals surface area contributed by atoms with E-state index in [1.807, 2.05) is 54.6 Å². The van der Waals surface area contributed by atoms with Gasteiger partial charge in [0, 0.05) is 12.1 Å². The minimum Gasteiger partial charge on any atom is -0.464 e. The normalized spacial score (nSPS) is 16.3.